The Kier molecular flexibility index (Phi) is 4.16. The lowest BCUT2D eigenvalue weighted by atomic mass is 9.93. The van der Waals surface area contributed by atoms with Crippen molar-refractivity contribution >= 4 is 28.3 Å². The third-order valence-corrected chi connectivity index (χ3v) is 6.00. The standard InChI is InChI=1S/C21H17N3O3S/c25-18(22-21-24-23-19(28-21)13-6-7-13)14-8-9-16-15(10-14)11-17(27-20(16)26)12-4-2-1-3-5-12/h1-5,8-10,13,17H,6-7,11H2,(H,22,24,25). The quantitative estimate of drug-likeness (QED) is 0.677. The molecular formula is C21H17N3O3S. The van der Waals surface area contributed by atoms with Gasteiger partial charge in [-0.25, -0.2) is 4.79 Å². The fourth-order valence-electron chi connectivity index (χ4n) is 3.34. The smallest absolute Gasteiger partial charge is 0.339 e. The average Bonchev–Trinajstić information content (AvgIpc) is 3.47. The Hall–Kier alpha value is -3.06. The molecule has 1 atom stereocenters. The van der Waals surface area contributed by atoms with E-state index in [1.54, 1.807) is 18.2 Å². The maximum atomic E-state index is 12.6. The van der Waals surface area contributed by atoms with Gasteiger partial charge in [0, 0.05) is 17.9 Å². The fourth-order valence-corrected chi connectivity index (χ4v) is 4.25. The highest BCUT2D eigenvalue weighted by molar-refractivity contribution is 7.15. The number of nitrogens with one attached hydrogen (secondary N) is 1. The van der Waals surface area contributed by atoms with Gasteiger partial charge >= 0.3 is 5.97 Å². The van der Waals surface area contributed by atoms with Crippen LogP contribution >= 0.6 is 11.3 Å². The minimum Gasteiger partial charge on any atom is -0.454 e. The lowest BCUT2D eigenvalue weighted by Gasteiger charge is -2.25. The SMILES string of the molecule is O=C(Nc1nnc(C2CC2)s1)c1ccc2c(c1)CC(c1ccccc1)OC2=O. The van der Waals surface area contributed by atoms with Crippen LogP contribution in [-0.4, -0.2) is 22.1 Å². The number of ether oxygens (including phenoxy) is 1. The van der Waals surface area contributed by atoms with Gasteiger partial charge in [0.2, 0.25) is 5.13 Å². The molecule has 1 aromatic heterocycles. The number of amides is 1. The normalized spacial score (nSPS) is 18.3. The predicted octanol–water partition coefficient (Wildman–Crippen LogP) is 4.12. The zero-order valence-electron chi connectivity index (χ0n) is 14.9. The number of nitrogens with zero attached hydrogens (tertiary/aromatic N) is 2. The fraction of sp³-hybridized carbons (Fsp3) is 0.238. The number of cyclic esters (lactones) is 1. The number of fused-ring (bicyclic) bond motifs is 1. The van der Waals surface area contributed by atoms with Gasteiger partial charge in [-0.1, -0.05) is 41.7 Å². The lowest BCUT2D eigenvalue weighted by Crippen LogP contribution is -2.23. The Morgan fingerprint density at radius 3 is 2.71 bits per heavy atom. The summed E-state index contributed by atoms with van der Waals surface area (Å²) in [5.74, 6) is -0.107. The highest BCUT2D eigenvalue weighted by Gasteiger charge is 2.29. The van der Waals surface area contributed by atoms with Crippen LogP contribution in [0.3, 0.4) is 0 Å². The number of hydrogen-bond acceptors (Lipinski definition) is 6. The van der Waals surface area contributed by atoms with Crippen LogP contribution in [0.2, 0.25) is 0 Å². The van der Waals surface area contributed by atoms with Crippen molar-refractivity contribution in [3.05, 3.63) is 75.8 Å². The van der Waals surface area contributed by atoms with E-state index in [1.807, 2.05) is 30.3 Å². The molecule has 1 fully saturated rings. The molecule has 0 saturated heterocycles. The Morgan fingerprint density at radius 1 is 1.11 bits per heavy atom. The third kappa shape index (κ3) is 3.29. The molecule has 7 heteroatoms. The Balaban J connectivity index is 1.37. The maximum Gasteiger partial charge on any atom is 0.339 e. The Bertz CT molecular complexity index is 1060. The van der Waals surface area contributed by atoms with Crippen molar-refractivity contribution in [2.45, 2.75) is 31.3 Å². The lowest BCUT2D eigenvalue weighted by molar-refractivity contribution is 0.0252. The first-order chi connectivity index (χ1) is 13.7. The number of aromatic nitrogens is 2. The van der Waals surface area contributed by atoms with Crippen molar-refractivity contribution in [3.8, 4) is 0 Å². The monoisotopic (exact) mass is 391 g/mol. The van der Waals surface area contributed by atoms with Crippen molar-refractivity contribution in [3.63, 3.8) is 0 Å². The number of benzene rings is 2. The molecule has 5 rings (SSSR count). The summed E-state index contributed by atoms with van der Waals surface area (Å²) in [5.41, 5.74) is 2.76. The molecule has 1 unspecified atom stereocenters. The molecule has 0 radical (unpaired) electrons. The van der Waals surface area contributed by atoms with Crippen molar-refractivity contribution < 1.29 is 14.3 Å². The summed E-state index contributed by atoms with van der Waals surface area (Å²) >= 11 is 1.43. The molecule has 28 heavy (non-hydrogen) atoms. The van der Waals surface area contributed by atoms with Crippen molar-refractivity contribution in [2.24, 2.45) is 0 Å². The van der Waals surface area contributed by atoms with E-state index in [9.17, 15) is 9.59 Å². The highest BCUT2D eigenvalue weighted by atomic mass is 32.1. The van der Waals surface area contributed by atoms with E-state index in [1.165, 1.54) is 11.3 Å². The van der Waals surface area contributed by atoms with Crippen LogP contribution < -0.4 is 5.32 Å². The largest absolute Gasteiger partial charge is 0.454 e. The molecule has 3 aromatic rings. The number of carbonyl (C=O) groups is 2. The highest BCUT2D eigenvalue weighted by Crippen LogP contribution is 2.42. The molecular weight excluding hydrogens is 374 g/mol. The summed E-state index contributed by atoms with van der Waals surface area (Å²) in [4.78, 5) is 25.0. The van der Waals surface area contributed by atoms with Crippen LogP contribution in [0, 0.1) is 0 Å². The van der Waals surface area contributed by atoms with Crippen LogP contribution in [0.5, 0.6) is 0 Å². The van der Waals surface area contributed by atoms with Gasteiger partial charge in [-0.15, -0.1) is 10.2 Å². The molecule has 1 saturated carbocycles. The van der Waals surface area contributed by atoms with Gasteiger partial charge in [-0.05, 0) is 42.2 Å². The molecule has 2 heterocycles. The number of anilines is 1. The van der Waals surface area contributed by atoms with Crippen LogP contribution in [-0.2, 0) is 11.2 Å². The van der Waals surface area contributed by atoms with Gasteiger partial charge in [0.25, 0.3) is 5.91 Å². The van der Waals surface area contributed by atoms with Gasteiger partial charge in [-0.3, -0.25) is 10.1 Å². The van der Waals surface area contributed by atoms with Gasteiger partial charge in [0.15, 0.2) is 0 Å². The summed E-state index contributed by atoms with van der Waals surface area (Å²) in [7, 11) is 0. The van der Waals surface area contributed by atoms with E-state index in [0.29, 0.717) is 28.6 Å². The molecule has 1 N–H and O–H groups in total. The van der Waals surface area contributed by atoms with Gasteiger partial charge in [0.05, 0.1) is 5.56 Å². The second-order valence-corrected chi connectivity index (χ2v) is 8.06. The number of rotatable bonds is 4. The Labute approximate surface area is 165 Å². The zero-order valence-corrected chi connectivity index (χ0v) is 15.7. The molecule has 1 amide bonds. The molecule has 0 bridgehead atoms. The first-order valence-corrected chi connectivity index (χ1v) is 10.0. The predicted molar refractivity (Wildman–Crippen MR) is 105 cm³/mol. The third-order valence-electron chi connectivity index (χ3n) is 5.00. The minimum atomic E-state index is -0.361. The summed E-state index contributed by atoms with van der Waals surface area (Å²) in [6, 6.07) is 14.7. The number of esters is 1. The van der Waals surface area contributed by atoms with Crippen LogP contribution in [0.25, 0.3) is 0 Å². The molecule has 1 aliphatic heterocycles. The second-order valence-electron chi connectivity index (χ2n) is 7.05. The summed E-state index contributed by atoms with van der Waals surface area (Å²) < 4.78 is 5.57. The number of carbonyl (C=O) groups excluding carboxylic acids is 2. The van der Waals surface area contributed by atoms with Crippen LogP contribution in [0.15, 0.2) is 48.5 Å². The zero-order chi connectivity index (χ0) is 19.1. The van der Waals surface area contributed by atoms with E-state index in [2.05, 4.69) is 15.5 Å². The summed E-state index contributed by atoms with van der Waals surface area (Å²) in [6.45, 7) is 0. The van der Waals surface area contributed by atoms with E-state index < -0.39 is 0 Å². The molecule has 2 aliphatic rings. The average molecular weight is 391 g/mol. The molecule has 140 valence electrons. The Morgan fingerprint density at radius 2 is 1.93 bits per heavy atom. The van der Waals surface area contributed by atoms with E-state index >= 15 is 0 Å². The van der Waals surface area contributed by atoms with E-state index in [0.717, 1.165) is 29.0 Å². The topological polar surface area (TPSA) is 81.2 Å². The van der Waals surface area contributed by atoms with Gasteiger partial charge in [0.1, 0.15) is 11.1 Å². The number of hydrogen-bond donors (Lipinski definition) is 1. The second kappa shape index (κ2) is 6.83. The first-order valence-electron chi connectivity index (χ1n) is 9.21. The molecule has 0 spiro atoms. The molecule has 6 nitrogen and oxygen atoms in total. The first kappa shape index (κ1) is 17.1. The van der Waals surface area contributed by atoms with E-state index in [-0.39, 0.29) is 18.0 Å². The molecule has 1 aliphatic carbocycles. The minimum absolute atomic E-state index is 0.253. The van der Waals surface area contributed by atoms with Crippen molar-refractivity contribution in [2.75, 3.05) is 5.32 Å². The molecule has 2 aromatic carbocycles. The van der Waals surface area contributed by atoms with Gasteiger partial charge < -0.3 is 4.74 Å². The van der Waals surface area contributed by atoms with Crippen LogP contribution in [0.4, 0.5) is 5.13 Å². The van der Waals surface area contributed by atoms with Crippen molar-refractivity contribution in [1.29, 1.82) is 0 Å². The van der Waals surface area contributed by atoms with Crippen LogP contribution in [0.1, 0.15) is 61.7 Å². The van der Waals surface area contributed by atoms with E-state index in [4.69, 9.17) is 4.74 Å². The van der Waals surface area contributed by atoms with Crippen molar-refractivity contribution in [1.82, 2.24) is 10.2 Å². The summed E-state index contributed by atoms with van der Waals surface area (Å²) in [5, 5.41) is 12.5. The van der Waals surface area contributed by atoms with Gasteiger partial charge in [-0.2, -0.15) is 0 Å². The summed E-state index contributed by atoms with van der Waals surface area (Å²) in [6.07, 6.45) is 2.48. The maximum absolute atomic E-state index is 12.6.